The maximum atomic E-state index is 11.4. The minimum atomic E-state index is -0.400. The van der Waals surface area contributed by atoms with E-state index in [0.29, 0.717) is 19.6 Å². The Bertz CT molecular complexity index is 196. The van der Waals surface area contributed by atoms with Crippen LogP contribution in [0.3, 0.4) is 0 Å². The second-order valence-corrected chi connectivity index (χ2v) is 4.08. The SMILES string of the molecule is CCCCCCOC(=O)[C@@H]1C[C@H](O)CN1. The van der Waals surface area contributed by atoms with E-state index in [9.17, 15) is 9.90 Å². The minimum absolute atomic E-state index is 0.219. The lowest BCUT2D eigenvalue weighted by Crippen LogP contribution is -2.32. The van der Waals surface area contributed by atoms with Gasteiger partial charge < -0.3 is 15.2 Å². The number of aliphatic hydroxyl groups excluding tert-OH is 1. The summed E-state index contributed by atoms with van der Waals surface area (Å²) in [5.41, 5.74) is 0. The van der Waals surface area contributed by atoms with Crippen LogP contribution in [0.15, 0.2) is 0 Å². The normalized spacial score (nSPS) is 25.5. The molecule has 15 heavy (non-hydrogen) atoms. The van der Waals surface area contributed by atoms with E-state index in [0.717, 1.165) is 12.8 Å². The van der Waals surface area contributed by atoms with Crippen molar-refractivity contribution >= 4 is 5.97 Å². The third-order valence-corrected chi connectivity index (χ3v) is 2.63. The van der Waals surface area contributed by atoms with Crippen molar-refractivity contribution in [2.75, 3.05) is 13.2 Å². The van der Waals surface area contributed by atoms with E-state index in [2.05, 4.69) is 12.2 Å². The van der Waals surface area contributed by atoms with E-state index in [1.165, 1.54) is 12.8 Å². The number of nitrogens with one attached hydrogen (secondary N) is 1. The largest absolute Gasteiger partial charge is 0.465 e. The quantitative estimate of drug-likeness (QED) is 0.509. The fourth-order valence-electron chi connectivity index (χ4n) is 1.70. The van der Waals surface area contributed by atoms with E-state index in [1.54, 1.807) is 0 Å². The van der Waals surface area contributed by atoms with Gasteiger partial charge in [0.2, 0.25) is 0 Å². The van der Waals surface area contributed by atoms with Crippen molar-refractivity contribution in [2.45, 2.75) is 51.2 Å². The molecular formula is C11H21NO3. The lowest BCUT2D eigenvalue weighted by molar-refractivity contribution is -0.146. The molecule has 1 fully saturated rings. The van der Waals surface area contributed by atoms with Crippen LogP contribution in [0.5, 0.6) is 0 Å². The van der Waals surface area contributed by atoms with Gasteiger partial charge in [0.25, 0.3) is 0 Å². The van der Waals surface area contributed by atoms with Gasteiger partial charge in [-0.05, 0) is 6.42 Å². The first-order valence-corrected chi connectivity index (χ1v) is 5.82. The highest BCUT2D eigenvalue weighted by Gasteiger charge is 2.28. The van der Waals surface area contributed by atoms with Gasteiger partial charge in [0.15, 0.2) is 0 Å². The molecule has 1 rings (SSSR count). The molecule has 0 unspecified atom stereocenters. The molecule has 0 amide bonds. The summed E-state index contributed by atoms with van der Waals surface area (Å²) in [5.74, 6) is -0.219. The molecule has 0 aromatic rings. The summed E-state index contributed by atoms with van der Waals surface area (Å²) in [7, 11) is 0. The molecule has 2 atom stereocenters. The molecule has 88 valence electrons. The summed E-state index contributed by atoms with van der Waals surface area (Å²) in [6.45, 7) is 3.15. The fourth-order valence-corrected chi connectivity index (χ4v) is 1.70. The highest BCUT2D eigenvalue weighted by Crippen LogP contribution is 2.08. The van der Waals surface area contributed by atoms with Crippen molar-refractivity contribution in [1.82, 2.24) is 5.32 Å². The van der Waals surface area contributed by atoms with E-state index in [-0.39, 0.29) is 12.0 Å². The number of carbonyl (C=O) groups is 1. The molecule has 1 aliphatic rings. The lowest BCUT2D eigenvalue weighted by atomic mass is 10.2. The molecule has 0 aliphatic carbocycles. The zero-order valence-corrected chi connectivity index (χ0v) is 9.37. The fraction of sp³-hybridized carbons (Fsp3) is 0.909. The van der Waals surface area contributed by atoms with Gasteiger partial charge >= 0.3 is 5.97 Å². The number of hydrogen-bond acceptors (Lipinski definition) is 4. The number of rotatable bonds is 6. The van der Waals surface area contributed by atoms with Crippen LogP contribution in [0.1, 0.15) is 39.0 Å². The molecule has 4 heteroatoms. The van der Waals surface area contributed by atoms with Crippen molar-refractivity contribution in [1.29, 1.82) is 0 Å². The molecular weight excluding hydrogens is 194 g/mol. The van der Waals surface area contributed by atoms with Crippen LogP contribution in [0.4, 0.5) is 0 Å². The van der Waals surface area contributed by atoms with Crippen LogP contribution < -0.4 is 5.32 Å². The molecule has 0 radical (unpaired) electrons. The van der Waals surface area contributed by atoms with Gasteiger partial charge in [0.1, 0.15) is 6.04 Å². The number of esters is 1. The summed E-state index contributed by atoms with van der Waals surface area (Å²) in [4.78, 5) is 11.4. The van der Waals surface area contributed by atoms with Gasteiger partial charge in [0, 0.05) is 13.0 Å². The molecule has 0 saturated carbocycles. The van der Waals surface area contributed by atoms with Gasteiger partial charge in [-0.1, -0.05) is 26.2 Å². The Labute approximate surface area is 91.0 Å². The average Bonchev–Trinajstić information content (AvgIpc) is 2.64. The zero-order valence-electron chi connectivity index (χ0n) is 9.37. The molecule has 2 N–H and O–H groups in total. The first-order valence-electron chi connectivity index (χ1n) is 5.82. The Balaban J connectivity index is 2.03. The number of carbonyl (C=O) groups excluding carboxylic acids is 1. The summed E-state index contributed by atoms with van der Waals surface area (Å²) in [5, 5.41) is 12.2. The summed E-state index contributed by atoms with van der Waals surface area (Å²) in [6.07, 6.45) is 4.51. The van der Waals surface area contributed by atoms with Crippen molar-refractivity contribution in [3.63, 3.8) is 0 Å². The maximum Gasteiger partial charge on any atom is 0.323 e. The van der Waals surface area contributed by atoms with Gasteiger partial charge in [0.05, 0.1) is 12.7 Å². The molecule has 0 bridgehead atoms. The van der Waals surface area contributed by atoms with Crippen LogP contribution in [-0.2, 0) is 9.53 Å². The van der Waals surface area contributed by atoms with Crippen LogP contribution in [0.25, 0.3) is 0 Å². The summed E-state index contributed by atoms with van der Waals surface area (Å²) >= 11 is 0. The smallest absolute Gasteiger partial charge is 0.323 e. The van der Waals surface area contributed by atoms with Crippen molar-refractivity contribution in [2.24, 2.45) is 0 Å². The molecule has 0 aromatic heterocycles. The molecule has 0 spiro atoms. The third-order valence-electron chi connectivity index (χ3n) is 2.63. The average molecular weight is 215 g/mol. The van der Waals surface area contributed by atoms with Crippen LogP contribution in [0, 0.1) is 0 Å². The summed E-state index contributed by atoms with van der Waals surface area (Å²) in [6, 6.07) is -0.300. The van der Waals surface area contributed by atoms with E-state index >= 15 is 0 Å². The topological polar surface area (TPSA) is 58.6 Å². The van der Waals surface area contributed by atoms with Gasteiger partial charge in [-0.2, -0.15) is 0 Å². The lowest BCUT2D eigenvalue weighted by Gasteiger charge is -2.09. The highest BCUT2D eigenvalue weighted by atomic mass is 16.5. The second-order valence-electron chi connectivity index (χ2n) is 4.08. The standard InChI is InChI=1S/C11H21NO3/c1-2-3-4-5-6-15-11(14)10-7-9(13)8-12-10/h9-10,12-13H,2-8H2,1H3/t9-,10-/m0/s1. The molecule has 1 heterocycles. The van der Waals surface area contributed by atoms with Gasteiger partial charge in [-0.3, -0.25) is 4.79 Å². The first-order chi connectivity index (χ1) is 7.24. The third kappa shape index (κ3) is 4.62. The van der Waals surface area contributed by atoms with Crippen molar-refractivity contribution in [3.05, 3.63) is 0 Å². The van der Waals surface area contributed by atoms with Crippen LogP contribution in [-0.4, -0.2) is 36.4 Å². The number of hydrogen-bond donors (Lipinski definition) is 2. The molecule has 0 aromatic carbocycles. The van der Waals surface area contributed by atoms with E-state index in [4.69, 9.17) is 4.74 Å². The Morgan fingerprint density at radius 3 is 2.87 bits per heavy atom. The van der Waals surface area contributed by atoms with Crippen molar-refractivity contribution in [3.8, 4) is 0 Å². The van der Waals surface area contributed by atoms with Gasteiger partial charge in [-0.15, -0.1) is 0 Å². The number of aliphatic hydroxyl groups is 1. The number of β-amino-alcohol motifs (C(OH)–C–C–N with tert-alkyl or cyclic N) is 1. The first kappa shape index (κ1) is 12.5. The zero-order chi connectivity index (χ0) is 11.1. The van der Waals surface area contributed by atoms with Crippen LogP contribution >= 0.6 is 0 Å². The monoisotopic (exact) mass is 215 g/mol. The van der Waals surface area contributed by atoms with Crippen LogP contribution in [0.2, 0.25) is 0 Å². The Hall–Kier alpha value is -0.610. The Morgan fingerprint density at radius 2 is 2.27 bits per heavy atom. The molecule has 4 nitrogen and oxygen atoms in total. The van der Waals surface area contributed by atoms with Crippen molar-refractivity contribution < 1.29 is 14.6 Å². The Morgan fingerprint density at radius 1 is 1.47 bits per heavy atom. The number of ether oxygens (including phenoxy) is 1. The predicted octanol–water partition coefficient (Wildman–Crippen LogP) is 0.833. The molecule has 1 saturated heterocycles. The maximum absolute atomic E-state index is 11.4. The predicted molar refractivity (Wildman–Crippen MR) is 57.5 cm³/mol. The van der Waals surface area contributed by atoms with E-state index in [1.807, 2.05) is 0 Å². The molecule has 1 aliphatic heterocycles. The highest BCUT2D eigenvalue weighted by molar-refractivity contribution is 5.76. The summed E-state index contributed by atoms with van der Waals surface area (Å²) < 4.78 is 5.11. The Kier molecular flexibility index (Phi) is 5.65. The number of unbranched alkanes of at least 4 members (excludes halogenated alkanes) is 3. The second kappa shape index (κ2) is 6.80. The van der Waals surface area contributed by atoms with E-state index < -0.39 is 6.10 Å². The van der Waals surface area contributed by atoms with Gasteiger partial charge in [-0.25, -0.2) is 0 Å². The minimum Gasteiger partial charge on any atom is -0.465 e.